The van der Waals surface area contributed by atoms with E-state index in [1.54, 1.807) is 5.57 Å². The zero-order chi connectivity index (χ0) is 13.0. The first kappa shape index (κ1) is 12.0. The zero-order valence-electron chi connectivity index (χ0n) is 12.3. The summed E-state index contributed by atoms with van der Waals surface area (Å²) in [5.41, 5.74) is 5.73. The van der Waals surface area contributed by atoms with Crippen LogP contribution in [0.4, 0.5) is 0 Å². The Labute approximate surface area is 117 Å². The minimum atomic E-state index is 0.490. The molecule has 0 saturated heterocycles. The molecule has 4 rings (SSSR count). The maximum atomic E-state index is 4.41. The van der Waals surface area contributed by atoms with Crippen molar-refractivity contribution in [1.82, 2.24) is 0 Å². The summed E-state index contributed by atoms with van der Waals surface area (Å²) in [6.07, 6.45) is 15.7. The number of rotatable bonds is 0. The first-order valence-electron chi connectivity index (χ1n) is 8.24. The summed E-state index contributed by atoms with van der Waals surface area (Å²) in [5.74, 6) is 2.85. The van der Waals surface area contributed by atoms with Crippen molar-refractivity contribution in [3.8, 4) is 0 Å². The molecule has 0 heterocycles. The fourth-order valence-corrected chi connectivity index (χ4v) is 5.76. The number of hydrogen-bond acceptors (Lipinski definition) is 0. The van der Waals surface area contributed by atoms with Crippen LogP contribution in [0.1, 0.15) is 58.3 Å². The van der Waals surface area contributed by atoms with Gasteiger partial charge in [0.2, 0.25) is 0 Å². The molecule has 2 fully saturated rings. The Morgan fingerprint density at radius 2 is 1.95 bits per heavy atom. The van der Waals surface area contributed by atoms with Crippen LogP contribution in [0.15, 0.2) is 35.5 Å². The highest BCUT2D eigenvalue weighted by Crippen LogP contribution is 2.62. The Bertz CT molecular complexity index is 478. The third-order valence-electron chi connectivity index (χ3n) is 6.94. The maximum Gasteiger partial charge on any atom is -0.00876 e. The molecule has 0 N–H and O–H groups in total. The van der Waals surface area contributed by atoms with Crippen LogP contribution in [0.3, 0.4) is 0 Å². The van der Waals surface area contributed by atoms with E-state index in [0.717, 1.165) is 17.8 Å². The highest BCUT2D eigenvalue weighted by atomic mass is 14.6. The van der Waals surface area contributed by atoms with Crippen molar-refractivity contribution < 1.29 is 0 Å². The van der Waals surface area contributed by atoms with Gasteiger partial charge in [-0.2, -0.15) is 0 Å². The van der Waals surface area contributed by atoms with Crippen LogP contribution in [0.2, 0.25) is 0 Å². The minimum absolute atomic E-state index is 0.490. The molecule has 19 heavy (non-hydrogen) atoms. The monoisotopic (exact) mass is 254 g/mol. The van der Waals surface area contributed by atoms with Crippen molar-refractivity contribution in [2.24, 2.45) is 23.2 Å². The molecule has 4 atom stereocenters. The van der Waals surface area contributed by atoms with Gasteiger partial charge in [0.1, 0.15) is 0 Å². The van der Waals surface area contributed by atoms with E-state index in [-0.39, 0.29) is 0 Å². The van der Waals surface area contributed by atoms with Gasteiger partial charge >= 0.3 is 0 Å². The highest BCUT2D eigenvalue weighted by Gasteiger charge is 2.52. The van der Waals surface area contributed by atoms with Crippen molar-refractivity contribution >= 4 is 0 Å². The molecule has 4 aliphatic carbocycles. The normalized spacial score (nSPS) is 44.9. The van der Waals surface area contributed by atoms with E-state index in [4.69, 9.17) is 0 Å². The fraction of sp³-hybridized carbons (Fsp3) is 0.684. The van der Waals surface area contributed by atoms with Crippen LogP contribution in [0.5, 0.6) is 0 Å². The molecule has 0 radical (unpaired) electrons. The van der Waals surface area contributed by atoms with Crippen LogP contribution < -0.4 is 0 Å². The summed E-state index contributed by atoms with van der Waals surface area (Å²) in [5, 5.41) is 0. The quantitative estimate of drug-likeness (QED) is 0.506. The third kappa shape index (κ3) is 1.58. The minimum Gasteiger partial charge on any atom is -0.0993 e. The van der Waals surface area contributed by atoms with E-state index in [9.17, 15) is 0 Å². The van der Waals surface area contributed by atoms with Crippen LogP contribution >= 0.6 is 0 Å². The average molecular weight is 254 g/mol. The molecule has 0 aromatic rings. The van der Waals surface area contributed by atoms with Crippen LogP contribution in [0.25, 0.3) is 0 Å². The van der Waals surface area contributed by atoms with Gasteiger partial charge < -0.3 is 0 Å². The van der Waals surface area contributed by atoms with Gasteiger partial charge in [-0.05, 0) is 74.5 Å². The molecule has 0 heteroatoms. The lowest BCUT2D eigenvalue weighted by Gasteiger charge is -2.50. The van der Waals surface area contributed by atoms with Crippen molar-refractivity contribution in [2.75, 3.05) is 0 Å². The molecule has 4 aliphatic rings. The zero-order valence-corrected chi connectivity index (χ0v) is 12.3. The molecular weight excluding hydrogens is 228 g/mol. The number of hydrogen-bond donors (Lipinski definition) is 0. The Morgan fingerprint density at radius 1 is 1.11 bits per heavy atom. The summed E-state index contributed by atoms with van der Waals surface area (Å²) in [6, 6.07) is 0. The van der Waals surface area contributed by atoms with Gasteiger partial charge in [0, 0.05) is 0 Å². The van der Waals surface area contributed by atoms with E-state index < -0.39 is 0 Å². The van der Waals surface area contributed by atoms with Crippen molar-refractivity contribution in [2.45, 2.75) is 58.3 Å². The second kappa shape index (κ2) is 4.11. The molecular formula is C19H26. The van der Waals surface area contributed by atoms with E-state index in [1.807, 2.05) is 11.1 Å². The molecule has 0 nitrogen and oxygen atoms in total. The predicted molar refractivity (Wildman–Crippen MR) is 80.8 cm³/mol. The summed E-state index contributed by atoms with van der Waals surface area (Å²) in [6.45, 7) is 6.93. The maximum absolute atomic E-state index is 4.41. The number of fused-ring (bicyclic) bond motifs is 4. The van der Waals surface area contributed by atoms with Gasteiger partial charge in [-0.15, -0.1) is 0 Å². The summed E-state index contributed by atoms with van der Waals surface area (Å²) in [7, 11) is 0. The number of allylic oxidation sites excluding steroid dienone is 5. The van der Waals surface area contributed by atoms with E-state index >= 15 is 0 Å². The smallest absolute Gasteiger partial charge is 0.00876 e. The van der Waals surface area contributed by atoms with Gasteiger partial charge in [0.25, 0.3) is 0 Å². The highest BCUT2D eigenvalue weighted by molar-refractivity contribution is 5.32. The van der Waals surface area contributed by atoms with Gasteiger partial charge in [-0.3, -0.25) is 0 Å². The lowest BCUT2D eigenvalue weighted by Crippen LogP contribution is -2.41. The van der Waals surface area contributed by atoms with Crippen molar-refractivity contribution in [3.63, 3.8) is 0 Å². The molecule has 0 amide bonds. The molecule has 0 aliphatic heterocycles. The molecule has 102 valence electrons. The molecule has 0 aromatic heterocycles. The van der Waals surface area contributed by atoms with Crippen molar-refractivity contribution in [3.05, 3.63) is 35.5 Å². The second-order valence-electron chi connectivity index (χ2n) is 7.52. The van der Waals surface area contributed by atoms with Gasteiger partial charge in [-0.1, -0.05) is 42.4 Å². The second-order valence-corrected chi connectivity index (χ2v) is 7.52. The van der Waals surface area contributed by atoms with Gasteiger partial charge in [0.05, 0.1) is 0 Å². The molecule has 0 bridgehead atoms. The first-order chi connectivity index (χ1) is 9.20. The molecule has 0 unspecified atom stereocenters. The lowest BCUT2D eigenvalue weighted by atomic mass is 9.54. The molecule has 0 spiro atoms. The van der Waals surface area contributed by atoms with Crippen LogP contribution in [0, 0.1) is 23.2 Å². The Morgan fingerprint density at radius 3 is 2.84 bits per heavy atom. The summed E-state index contributed by atoms with van der Waals surface area (Å²) >= 11 is 0. The summed E-state index contributed by atoms with van der Waals surface area (Å²) < 4.78 is 0. The first-order valence-corrected chi connectivity index (χ1v) is 8.24. The third-order valence-corrected chi connectivity index (χ3v) is 6.94. The fourth-order valence-electron chi connectivity index (χ4n) is 5.76. The largest absolute Gasteiger partial charge is 0.0993 e. The van der Waals surface area contributed by atoms with E-state index in [1.165, 1.54) is 51.4 Å². The standard InChI is InChI=1S/C19H26/c1-13-7-10-18-17-9-8-14-5-3-4-6-15(14)16(17)11-12-19(13,18)2/h3-4,16-18H,1,5-12H2,2H3/t16-,17-,18+,19-/m1/s1. The molecule has 2 saturated carbocycles. The Kier molecular flexibility index (Phi) is 2.59. The van der Waals surface area contributed by atoms with Crippen molar-refractivity contribution in [1.29, 1.82) is 0 Å². The van der Waals surface area contributed by atoms with Gasteiger partial charge in [0.15, 0.2) is 0 Å². The predicted octanol–water partition coefficient (Wildman–Crippen LogP) is 5.43. The SMILES string of the molecule is C=C1CC[C@H]2[C@@H]3CCC4=C(CC=CC4)[C@H]3CC[C@]12C. The Hall–Kier alpha value is -0.780. The van der Waals surface area contributed by atoms with Crippen LogP contribution in [-0.2, 0) is 0 Å². The Balaban J connectivity index is 1.68. The molecule has 0 aromatic carbocycles. The van der Waals surface area contributed by atoms with E-state index in [0.29, 0.717) is 5.41 Å². The average Bonchev–Trinajstić information content (AvgIpc) is 2.75. The van der Waals surface area contributed by atoms with Crippen LogP contribution in [-0.4, -0.2) is 0 Å². The topological polar surface area (TPSA) is 0 Å². The van der Waals surface area contributed by atoms with Gasteiger partial charge in [-0.25, -0.2) is 0 Å². The summed E-state index contributed by atoms with van der Waals surface area (Å²) in [4.78, 5) is 0. The van der Waals surface area contributed by atoms with E-state index in [2.05, 4.69) is 25.7 Å². The lowest BCUT2D eigenvalue weighted by molar-refractivity contribution is 0.0626.